The van der Waals surface area contributed by atoms with E-state index < -0.39 is 16.9 Å². The van der Waals surface area contributed by atoms with Crippen molar-refractivity contribution in [2.24, 2.45) is 0 Å². The van der Waals surface area contributed by atoms with Gasteiger partial charge in [0.1, 0.15) is 5.75 Å². The Labute approximate surface area is 221 Å². The second-order valence-corrected chi connectivity index (χ2v) is 18.1. The molecule has 0 saturated heterocycles. The van der Waals surface area contributed by atoms with Crippen LogP contribution in [0, 0.1) is 0 Å². The van der Waals surface area contributed by atoms with Gasteiger partial charge in [-0.15, -0.1) is 0 Å². The number of rotatable bonds is 9. The Bertz CT molecular complexity index is 949. The van der Waals surface area contributed by atoms with Gasteiger partial charge in [0, 0.05) is 19.7 Å². The fourth-order valence-corrected chi connectivity index (χ4v) is 15.2. The lowest BCUT2D eigenvalue weighted by Crippen LogP contribution is -2.33. The second kappa shape index (κ2) is 12.9. The summed E-state index contributed by atoms with van der Waals surface area (Å²) in [6, 6.07) is 5.65. The third-order valence-electron chi connectivity index (χ3n) is 9.21. The Morgan fingerprint density at radius 3 is 1.72 bits per heavy atom. The summed E-state index contributed by atoms with van der Waals surface area (Å²) >= 11 is 0. The van der Waals surface area contributed by atoms with Crippen LogP contribution in [0.1, 0.15) is 115 Å². The molecular weight excluding hydrogens is 485 g/mol. The van der Waals surface area contributed by atoms with Crippen molar-refractivity contribution in [3.63, 3.8) is 0 Å². The molecule has 6 heteroatoms. The van der Waals surface area contributed by atoms with Crippen LogP contribution in [-0.2, 0) is 10.0 Å². The summed E-state index contributed by atoms with van der Waals surface area (Å²) in [5.74, 6) is 3.61. The number of hydrogen-bond acceptors (Lipinski definition) is 3. The molecule has 204 valence electrons. The van der Waals surface area contributed by atoms with E-state index in [4.69, 9.17) is 4.74 Å². The fraction of sp³-hybridized carbons (Fsp3) is 0.767. The van der Waals surface area contributed by atoms with Crippen LogP contribution < -0.4 is 4.74 Å². The predicted octanol–water partition coefficient (Wildman–Crippen LogP) is 7.89. The van der Waals surface area contributed by atoms with Gasteiger partial charge in [0.15, 0.2) is 0 Å². The van der Waals surface area contributed by atoms with Crippen LogP contribution in [0.3, 0.4) is 0 Å². The van der Waals surface area contributed by atoms with Gasteiger partial charge < -0.3 is 4.74 Å². The molecule has 0 N–H and O–H groups in total. The minimum absolute atomic E-state index is 0.400. The van der Waals surface area contributed by atoms with Crippen molar-refractivity contribution in [3.8, 4) is 5.75 Å². The molecule has 0 heterocycles. The topological polar surface area (TPSA) is 46.6 Å². The normalized spacial score (nSPS) is 21.6. The van der Waals surface area contributed by atoms with E-state index in [-0.39, 0.29) is 0 Å². The molecule has 0 atom stereocenters. The third kappa shape index (κ3) is 6.10. The Kier molecular flexibility index (Phi) is 10.1. The number of ether oxygens (including phenoxy) is 1. The third-order valence-corrected chi connectivity index (χ3v) is 17.1. The van der Waals surface area contributed by atoms with E-state index in [1.165, 1.54) is 101 Å². The zero-order chi connectivity index (χ0) is 25.6. The Balaban J connectivity index is 1.94. The molecule has 3 aliphatic rings. The van der Waals surface area contributed by atoms with Crippen molar-refractivity contribution in [1.29, 1.82) is 0 Å². The summed E-state index contributed by atoms with van der Waals surface area (Å²) in [4.78, 5) is 0.400. The molecule has 4 nitrogen and oxygen atoms in total. The Hall–Kier alpha value is -0.770. The van der Waals surface area contributed by atoms with Gasteiger partial charge in [0.2, 0.25) is 10.0 Å². The summed E-state index contributed by atoms with van der Waals surface area (Å²) in [5, 5.41) is 0. The van der Waals surface area contributed by atoms with Crippen LogP contribution in [-0.4, -0.2) is 56.2 Å². The first kappa shape index (κ1) is 28.2. The molecule has 1 aromatic rings. The molecule has 3 aliphatic carbocycles. The highest BCUT2D eigenvalue weighted by Crippen LogP contribution is 2.69. The van der Waals surface area contributed by atoms with Gasteiger partial charge in [-0.2, -0.15) is 0 Å². The average molecular weight is 536 g/mol. The number of sulfonamides is 1. The van der Waals surface area contributed by atoms with Crippen molar-refractivity contribution in [1.82, 2.24) is 4.31 Å². The van der Waals surface area contributed by atoms with E-state index in [1.54, 1.807) is 20.2 Å². The highest BCUT2D eigenvalue weighted by atomic mass is 32.2. The van der Waals surface area contributed by atoms with E-state index >= 15 is 0 Å². The molecule has 0 amide bonds. The summed E-state index contributed by atoms with van der Waals surface area (Å²) in [5.41, 5.74) is 3.50. The van der Waals surface area contributed by atoms with Crippen molar-refractivity contribution in [3.05, 3.63) is 23.8 Å². The van der Waals surface area contributed by atoms with E-state index in [0.717, 1.165) is 34.7 Å². The summed E-state index contributed by atoms with van der Waals surface area (Å²) in [7, 11) is -0.240. The van der Waals surface area contributed by atoms with Crippen LogP contribution in [0.4, 0.5) is 0 Å². The van der Waals surface area contributed by atoms with Crippen LogP contribution in [0.25, 0.3) is 0 Å². The summed E-state index contributed by atoms with van der Waals surface area (Å²) in [6.07, 6.45) is 21.5. The smallest absolute Gasteiger partial charge is 0.242 e. The molecule has 0 radical (unpaired) electrons. The highest BCUT2D eigenvalue weighted by Gasteiger charge is 2.42. The Morgan fingerprint density at radius 1 is 0.833 bits per heavy atom. The highest BCUT2D eigenvalue weighted by molar-refractivity contribution is 7.89. The zero-order valence-corrected chi connectivity index (χ0v) is 24.8. The predicted molar refractivity (Wildman–Crippen MR) is 156 cm³/mol. The molecule has 3 saturated carbocycles. The van der Waals surface area contributed by atoms with E-state index in [9.17, 15) is 8.42 Å². The van der Waals surface area contributed by atoms with Crippen molar-refractivity contribution >= 4 is 22.7 Å². The second-order valence-electron chi connectivity index (χ2n) is 11.7. The van der Waals surface area contributed by atoms with Gasteiger partial charge >= 0.3 is 0 Å². The maximum Gasteiger partial charge on any atom is 0.242 e. The first-order chi connectivity index (χ1) is 17.4. The lowest BCUT2D eigenvalue weighted by molar-refractivity contribution is 0.317. The average Bonchev–Trinajstić information content (AvgIpc) is 2.92. The fourth-order valence-electron chi connectivity index (χ4n) is 7.38. The minimum Gasteiger partial charge on any atom is -0.493 e. The minimum atomic E-state index is -3.50. The largest absolute Gasteiger partial charge is 0.493 e. The van der Waals surface area contributed by atoms with Crippen molar-refractivity contribution in [2.45, 2.75) is 132 Å². The van der Waals surface area contributed by atoms with Gasteiger partial charge in [0.25, 0.3) is 0 Å². The van der Waals surface area contributed by atoms with Crippen molar-refractivity contribution < 1.29 is 13.2 Å². The molecule has 4 rings (SSSR count). The van der Waals surface area contributed by atoms with Crippen molar-refractivity contribution in [2.75, 3.05) is 20.7 Å². The van der Waals surface area contributed by atoms with E-state index in [2.05, 4.69) is 12.7 Å². The zero-order valence-electron chi connectivity index (χ0n) is 23.1. The van der Waals surface area contributed by atoms with Gasteiger partial charge in [-0.25, -0.2) is 12.7 Å². The standard InChI is InChI=1S/C30H50NO3PS/c1-4-22-34-30-21-20-29(36(32,33)31(2)3)23-25(30)24-35(26-14-8-5-9-15-26,27-16-10-6-11-17-27)28-18-12-7-13-19-28/h20-21,23-24,26-28H,4-19,22H2,1-3H3. The lowest BCUT2D eigenvalue weighted by Gasteiger charge is -2.50. The molecule has 3 fully saturated rings. The van der Waals surface area contributed by atoms with Crippen LogP contribution >= 0.6 is 6.89 Å². The van der Waals surface area contributed by atoms with Gasteiger partial charge in [-0.3, -0.25) is 0 Å². The number of nitrogens with zero attached hydrogens (tertiary/aromatic N) is 1. The van der Waals surface area contributed by atoms with Crippen LogP contribution in [0.2, 0.25) is 0 Å². The van der Waals surface area contributed by atoms with Crippen LogP contribution in [0.15, 0.2) is 23.1 Å². The first-order valence-corrected chi connectivity index (χ1v) is 18.3. The van der Waals surface area contributed by atoms with Gasteiger partial charge in [0.05, 0.1) is 11.5 Å². The molecular formula is C30H50NO3PS. The molecule has 0 bridgehead atoms. The maximum atomic E-state index is 13.2. The van der Waals surface area contributed by atoms with Crippen LogP contribution in [0.5, 0.6) is 5.75 Å². The summed E-state index contributed by atoms with van der Waals surface area (Å²) in [6.45, 7) is 1.29. The first-order valence-electron chi connectivity index (χ1n) is 14.8. The molecule has 0 aliphatic heterocycles. The SMILES string of the molecule is CCCOc1ccc(S(=O)(=O)N(C)C)cc1C=P(C1CCCCC1)(C1CCCCC1)C1CCCCC1. The van der Waals surface area contributed by atoms with E-state index in [1.807, 2.05) is 12.1 Å². The Morgan fingerprint density at radius 2 is 1.31 bits per heavy atom. The quantitative estimate of drug-likeness (QED) is 0.302. The molecule has 0 aromatic heterocycles. The maximum absolute atomic E-state index is 13.2. The summed E-state index contributed by atoms with van der Waals surface area (Å²) < 4.78 is 34.0. The molecule has 0 spiro atoms. The molecule has 1 aromatic carbocycles. The van der Waals surface area contributed by atoms with Gasteiger partial charge in [-0.05, 0) is 80.1 Å². The lowest BCUT2D eigenvalue weighted by atomic mass is 9.99. The van der Waals surface area contributed by atoms with E-state index in [0.29, 0.717) is 11.5 Å². The number of hydrogen-bond donors (Lipinski definition) is 0. The monoisotopic (exact) mass is 535 g/mol. The van der Waals surface area contributed by atoms with Gasteiger partial charge in [-0.1, -0.05) is 77.4 Å². The number of benzene rings is 1. The molecule has 36 heavy (non-hydrogen) atoms. The molecule has 0 unspecified atom stereocenters.